The minimum atomic E-state index is -0.0590. The van der Waals surface area contributed by atoms with E-state index in [1.165, 1.54) is 4.90 Å². The van der Waals surface area contributed by atoms with Crippen molar-refractivity contribution in [2.75, 3.05) is 43.6 Å². The number of likely N-dealkylation sites (N-methyl/N-ethyl adjacent to an activating group) is 1. The van der Waals surface area contributed by atoms with Crippen molar-refractivity contribution >= 4 is 45.8 Å². The fourth-order valence-electron chi connectivity index (χ4n) is 3.77. The van der Waals surface area contributed by atoms with Crippen LogP contribution < -0.4 is 4.90 Å². The fourth-order valence-corrected chi connectivity index (χ4v) is 5.53. The van der Waals surface area contributed by atoms with Gasteiger partial charge in [0, 0.05) is 37.2 Å². The number of nitrogens with zero attached hydrogens (tertiary/aromatic N) is 3. The Bertz CT molecular complexity index is 787. The molecule has 1 saturated carbocycles. The van der Waals surface area contributed by atoms with E-state index in [4.69, 9.17) is 0 Å². The van der Waals surface area contributed by atoms with Crippen molar-refractivity contribution in [1.29, 1.82) is 0 Å². The van der Waals surface area contributed by atoms with Crippen LogP contribution in [-0.4, -0.2) is 66.2 Å². The molecule has 8 heteroatoms. The highest BCUT2D eigenvalue weighted by Crippen LogP contribution is 2.43. The molecule has 0 bridgehead atoms. The Morgan fingerprint density at radius 1 is 1.26 bits per heavy atom. The van der Waals surface area contributed by atoms with Crippen molar-refractivity contribution in [2.24, 2.45) is 5.92 Å². The molecule has 6 nitrogen and oxygen atoms in total. The molecule has 3 aliphatic rings. The van der Waals surface area contributed by atoms with Crippen molar-refractivity contribution in [3.63, 3.8) is 0 Å². The highest BCUT2D eigenvalue weighted by molar-refractivity contribution is 7.98. The van der Waals surface area contributed by atoms with Gasteiger partial charge in [0.1, 0.15) is 11.5 Å². The van der Waals surface area contributed by atoms with E-state index in [-0.39, 0.29) is 24.3 Å². The van der Waals surface area contributed by atoms with Gasteiger partial charge in [-0.2, -0.15) is 11.8 Å². The van der Waals surface area contributed by atoms with Gasteiger partial charge in [0.05, 0.1) is 12.1 Å². The number of amides is 3. The van der Waals surface area contributed by atoms with E-state index in [0.717, 1.165) is 34.0 Å². The molecule has 27 heavy (non-hydrogen) atoms. The van der Waals surface area contributed by atoms with Crippen molar-refractivity contribution in [2.45, 2.75) is 32.2 Å². The maximum Gasteiger partial charge on any atom is 0.257 e. The van der Waals surface area contributed by atoms with Crippen molar-refractivity contribution in [1.82, 2.24) is 9.80 Å². The van der Waals surface area contributed by atoms with Crippen LogP contribution in [0.2, 0.25) is 0 Å². The third-order valence-electron chi connectivity index (χ3n) is 5.53. The molecule has 1 aromatic heterocycles. The van der Waals surface area contributed by atoms with E-state index in [2.05, 4.69) is 0 Å². The number of thioether (sulfide) groups is 1. The number of hydrogen-bond donors (Lipinski definition) is 0. The van der Waals surface area contributed by atoms with E-state index in [0.29, 0.717) is 44.0 Å². The third-order valence-corrected chi connectivity index (χ3v) is 7.38. The molecular weight excluding hydrogens is 382 g/mol. The molecule has 1 fully saturated rings. The summed E-state index contributed by atoms with van der Waals surface area (Å²) in [6, 6.07) is 0. The molecule has 1 aliphatic carbocycles. The fraction of sp³-hybridized carbons (Fsp3) is 0.632. The van der Waals surface area contributed by atoms with Gasteiger partial charge in [0.2, 0.25) is 11.8 Å². The topological polar surface area (TPSA) is 60.9 Å². The molecule has 3 heterocycles. The van der Waals surface area contributed by atoms with Gasteiger partial charge in [-0.25, -0.2) is 0 Å². The smallest absolute Gasteiger partial charge is 0.257 e. The van der Waals surface area contributed by atoms with Crippen LogP contribution in [0.1, 0.15) is 40.1 Å². The molecule has 0 radical (unpaired) electrons. The Kier molecular flexibility index (Phi) is 5.20. The van der Waals surface area contributed by atoms with Gasteiger partial charge in [0.15, 0.2) is 0 Å². The average molecular weight is 408 g/mol. The van der Waals surface area contributed by atoms with Gasteiger partial charge in [-0.3, -0.25) is 14.4 Å². The minimum Gasteiger partial charge on any atom is -0.337 e. The molecule has 0 atom stereocenters. The molecule has 1 aromatic rings. The minimum absolute atomic E-state index is 0.00278. The lowest BCUT2D eigenvalue weighted by Gasteiger charge is -2.27. The quantitative estimate of drug-likeness (QED) is 0.751. The first-order valence-electron chi connectivity index (χ1n) is 9.46. The standard InChI is InChI=1S/C19H25N3O3S2/c1-20-11-16(24)22(9-12-3-4-12)19-17(18(20)25)13-5-7-21(10-14(13)27-19)15(23)6-8-26-2/h12H,3-11H2,1-2H3. The summed E-state index contributed by atoms with van der Waals surface area (Å²) >= 11 is 3.22. The first kappa shape index (κ1) is 18.8. The predicted molar refractivity (Wildman–Crippen MR) is 108 cm³/mol. The molecule has 0 spiro atoms. The first-order valence-corrected chi connectivity index (χ1v) is 11.7. The van der Waals surface area contributed by atoms with Crippen LogP contribution in [0.3, 0.4) is 0 Å². The number of thiophene rings is 1. The Morgan fingerprint density at radius 3 is 2.74 bits per heavy atom. The zero-order valence-electron chi connectivity index (χ0n) is 15.8. The lowest BCUT2D eigenvalue weighted by Crippen LogP contribution is -2.38. The number of carbonyl (C=O) groups excluding carboxylic acids is 3. The van der Waals surface area contributed by atoms with Crippen LogP contribution in [0.25, 0.3) is 0 Å². The summed E-state index contributed by atoms with van der Waals surface area (Å²) in [7, 11) is 1.70. The molecule has 3 amide bonds. The number of hydrogen-bond acceptors (Lipinski definition) is 5. The molecule has 0 unspecified atom stereocenters. The van der Waals surface area contributed by atoms with Gasteiger partial charge < -0.3 is 14.7 Å². The Labute approximate surface area is 167 Å². The van der Waals surface area contributed by atoms with Gasteiger partial charge >= 0.3 is 0 Å². The summed E-state index contributed by atoms with van der Waals surface area (Å²) < 4.78 is 0. The second-order valence-corrected chi connectivity index (χ2v) is 9.67. The number of anilines is 1. The van der Waals surface area contributed by atoms with Crippen LogP contribution in [0.5, 0.6) is 0 Å². The van der Waals surface area contributed by atoms with E-state index < -0.39 is 0 Å². The Hall–Kier alpha value is -1.54. The molecular formula is C19H25N3O3S2. The Balaban J connectivity index is 1.66. The largest absolute Gasteiger partial charge is 0.337 e. The number of carbonyl (C=O) groups is 3. The lowest BCUT2D eigenvalue weighted by atomic mass is 10.0. The molecule has 0 saturated heterocycles. The van der Waals surface area contributed by atoms with Crippen molar-refractivity contribution < 1.29 is 14.4 Å². The highest BCUT2D eigenvalue weighted by Gasteiger charge is 2.39. The second-order valence-electron chi connectivity index (χ2n) is 7.60. The summed E-state index contributed by atoms with van der Waals surface area (Å²) in [4.78, 5) is 44.5. The monoisotopic (exact) mass is 407 g/mol. The maximum atomic E-state index is 13.0. The summed E-state index contributed by atoms with van der Waals surface area (Å²) in [5.41, 5.74) is 1.76. The predicted octanol–water partition coefficient (Wildman–Crippen LogP) is 2.21. The van der Waals surface area contributed by atoms with Crippen LogP contribution in [0, 0.1) is 5.92 Å². The van der Waals surface area contributed by atoms with Crippen LogP contribution in [0.4, 0.5) is 5.00 Å². The summed E-state index contributed by atoms with van der Waals surface area (Å²) in [6.45, 7) is 2.06. The number of fused-ring (bicyclic) bond motifs is 3. The van der Waals surface area contributed by atoms with Crippen LogP contribution in [-0.2, 0) is 22.6 Å². The highest BCUT2D eigenvalue weighted by atomic mass is 32.2. The normalized spacial score (nSPS) is 19.9. The van der Waals surface area contributed by atoms with Crippen molar-refractivity contribution in [3.8, 4) is 0 Å². The van der Waals surface area contributed by atoms with Gasteiger partial charge in [-0.1, -0.05) is 0 Å². The van der Waals surface area contributed by atoms with Crippen LogP contribution in [0.15, 0.2) is 0 Å². The average Bonchev–Trinajstić information content (AvgIpc) is 3.41. The van der Waals surface area contributed by atoms with Gasteiger partial charge in [0.25, 0.3) is 5.91 Å². The molecule has 4 rings (SSSR count). The molecule has 146 valence electrons. The maximum absolute atomic E-state index is 13.0. The zero-order valence-corrected chi connectivity index (χ0v) is 17.5. The summed E-state index contributed by atoms with van der Waals surface area (Å²) in [6.07, 6.45) is 5.57. The number of rotatable bonds is 5. The van der Waals surface area contributed by atoms with E-state index >= 15 is 0 Å². The van der Waals surface area contributed by atoms with Gasteiger partial charge in [-0.05, 0) is 37.0 Å². The van der Waals surface area contributed by atoms with Gasteiger partial charge in [-0.15, -0.1) is 11.3 Å². The van der Waals surface area contributed by atoms with Crippen molar-refractivity contribution in [3.05, 3.63) is 16.0 Å². The van der Waals surface area contributed by atoms with E-state index in [1.807, 2.05) is 16.1 Å². The zero-order chi connectivity index (χ0) is 19.1. The molecule has 0 N–H and O–H groups in total. The third kappa shape index (κ3) is 3.61. The SMILES string of the molecule is CSCCC(=O)N1CCc2c(sc3c2C(=O)N(C)CC(=O)N3CC2CC2)C1. The van der Waals surface area contributed by atoms with Crippen LogP contribution >= 0.6 is 23.1 Å². The lowest BCUT2D eigenvalue weighted by molar-refractivity contribution is -0.131. The summed E-state index contributed by atoms with van der Waals surface area (Å²) in [5.74, 6) is 1.51. The second kappa shape index (κ2) is 7.47. The Morgan fingerprint density at radius 2 is 2.04 bits per heavy atom. The first-order chi connectivity index (χ1) is 13.0. The van der Waals surface area contributed by atoms with E-state index in [9.17, 15) is 14.4 Å². The molecule has 2 aliphatic heterocycles. The van der Waals surface area contributed by atoms with E-state index in [1.54, 1.807) is 30.1 Å². The summed E-state index contributed by atoms with van der Waals surface area (Å²) in [5, 5.41) is 0.810. The molecule has 0 aromatic carbocycles.